The molecule has 2 saturated heterocycles. The summed E-state index contributed by atoms with van der Waals surface area (Å²) in [5.41, 5.74) is 0.00411. The highest BCUT2D eigenvalue weighted by Crippen LogP contribution is 2.36. The molecule has 2 atom stereocenters. The van der Waals surface area contributed by atoms with Crippen LogP contribution in [0.3, 0.4) is 0 Å². The smallest absolute Gasteiger partial charge is 0.225 e. The van der Waals surface area contributed by atoms with Crippen molar-refractivity contribution in [3.05, 3.63) is 0 Å². The summed E-state index contributed by atoms with van der Waals surface area (Å²) in [7, 11) is 3.74. The van der Waals surface area contributed by atoms with Gasteiger partial charge in [-0.3, -0.25) is 14.5 Å². The summed E-state index contributed by atoms with van der Waals surface area (Å²) in [6.45, 7) is 39.2. The Morgan fingerprint density at radius 3 is 1.60 bits per heavy atom. The van der Waals surface area contributed by atoms with Gasteiger partial charge in [-0.25, -0.2) is 4.39 Å². The van der Waals surface area contributed by atoms with Gasteiger partial charge in [0.1, 0.15) is 6.67 Å². The number of rotatable bonds is 13. The average molecular weight is 862 g/mol. The molecule has 4 fully saturated rings. The molecule has 2 saturated carbocycles. The Labute approximate surface area is 370 Å². The molecule has 4 N–H and O–H groups in total. The summed E-state index contributed by atoms with van der Waals surface area (Å²) >= 11 is 0. The van der Waals surface area contributed by atoms with Crippen LogP contribution in [0.1, 0.15) is 149 Å². The second-order valence-electron chi connectivity index (χ2n) is 20.8. The fourth-order valence-electron chi connectivity index (χ4n) is 7.07. The zero-order valence-corrected chi connectivity index (χ0v) is 42.3. The lowest BCUT2D eigenvalue weighted by molar-refractivity contribution is -0.136. The average Bonchev–Trinajstić information content (AvgIpc) is 3.85. The minimum Gasteiger partial charge on any atom is -0.395 e. The number of carbonyl (C=O) groups is 2. The summed E-state index contributed by atoms with van der Waals surface area (Å²) in [5, 5.41) is 24.5. The highest BCUT2D eigenvalue weighted by atomic mass is 19.1. The van der Waals surface area contributed by atoms with Gasteiger partial charge >= 0.3 is 0 Å². The first-order valence-corrected chi connectivity index (χ1v) is 23.5. The van der Waals surface area contributed by atoms with E-state index in [1.807, 2.05) is 60.3 Å². The van der Waals surface area contributed by atoms with Crippen LogP contribution in [0, 0.1) is 35.0 Å². The van der Waals surface area contributed by atoms with E-state index in [0.717, 1.165) is 69.7 Å². The first-order valence-electron chi connectivity index (χ1n) is 23.5. The van der Waals surface area contributed by atoms with Crippen molar-refractivity contribution in [3.8, 4) is 0 Å². The molecular weight excluding hydrogens is 762 g/mol. The summed E-state index contributed by atoms with van der Waals surface area (Å²) in [6.07, 6.45) is 9.06. The van der Waals surface area contributed by atoms with Crippen LogP contribution in [-0.2, 0) is 19.1 Å². The van der Waals surface area contributed by atoms with Crippen molar-refractivity contribution >= 4 is 11.8 Å². The van der Waals surface area contributed by atoms with Crippen LogP contribution >= 0.6 is 0 Å². The fourth-order valence-corrected chi connectivity index (χ4v) is 7.07. The Morgan fingerprint density at radius 1 is 0.800 bits per heavy atom. The van der Waals surface area contributed by atoms with E-state index in [1.54, 1.807) is 7.05 Å². The van der Waals surface area contributed by atoms with E-state index in [9.17, 15) is 19.1 Å². The number of hydrogen-bond donors (Lipinski definition) is 4. The molecule has 2 unspecified atom stereocenters. The molecule has 4 aliphatic rings. The van der Waals surface area contributed by atoms with E-state index in [-0.39, 0.29) is 60.9 Å². The van der Waals surface area contributed by atoms with Gasteiger partial charge in [0, 0.05) is 76.8 Å². The maximum atomic E-state index is 11.5. The maximum absolute atomic E-state index is 11.5. The summed E-state index contributed by atoms with van der Waals surface area (Å²) in [6, 6.07) is 1.68. The number of nitrogens with zero attached hydrogens (tertiary/aromatic N) is 3. The number of ether oxygens (including phenoxy) is 2. The van der Waals surface area contributed by atoms with Gasteiger partial charge in [-0.2, -0.15) is 0 Å². The third-order valence-corrected chi connectivity index (χ3v) is 10.6. The number of amides is 2. The lowest BCUT2D eigenvalue weighted by Gasteiger charge is -2.41. The highest BCUT2D eigenvalue weighted by molar-refractivity contribution is 5.78. The second kappa shape index (κ2) is 32.3. The van der Waals surface area contributed by atoms with Gasteiger partial charge in [-0.05, 0) is 90.5 Å². The normalized spacial score (nSPS) is 18.8. The number of aliphatic hydroxyl groups is 2. The lowest BCUT2D eigenvalue weighted by Crippen LogP contribution is -2.54. The van der Waals surface area contributed by atoms with Gasteiger partial charge in [-0.1, -0.05) is 89.0 Å². The van der Waals surface area contributed by atoms with E-state index >= 15 is 0 Å². The predicted octanol–water partition coefficient (Wildman–Crippen LogP) is 7.67. The van der Waals surface area contributed by atoms with Crippen molar-refractivity contribution in [1.29, 1.82) is 0 Å². The number of alkyl halides is 1. The van der Waals surface area contributed by atoms with Crippen molar-refractivity contribution in [3.63, 3.8) is 0 Å². The molecule has 2 amide bonds. The van der Waals surface area contributed by atoms with Crippen LogP contribution in [0.25, 0.3) is 0 Å². The van der Waals surface area contributed by atoms with Crippen LogP contribution < -0.4 is 10.6 Å². The van der Waals surface area contributed by atoms with Crippen LogP contribution in [0.5, 0.6) is 0 Å². The fraction of sp³-hybridized carbons (Fsp3) is 0.958. The van der Waals surface area contributed by atoms with Crippen molar-refractivity contribution < 1.29 is 33.7 Å². The molecule has 60 heavy (non-hydrogen) atoms. The molecule has 0 aromatic rings. The van der Waals surface area contributed by atoms with Crippen LogP contribution in [-0.4, -0.2) is 153 Å². The second-order valence-corrected chi connectivity index (χ2v) is 20.8. The van der Waals surface area contributed by atoms with E-state index in [0.29, 0.717) is 17.9 Å². The van der Waals surface area contributed by atoms with Crippen molar-refractivity contribution in [2.45, 2.75) is 185 Å². The molecule has 11 nitrogen and oxygen atoms in total. The van der Waals surface area contributed by atoms with Crippen LogP contribution in [0.15, 0.2) is 0 Å². The summed E-state index contributed by atoms with van der Waals surface area (Å²) in [5.74, 6) is 2.86. The van der Waals surface area contributed by atoms with E-state index in [1.165, 1.54) is 38.5 Å². The molecule has 2 heterocycles. The van der Waals surface area contributed by atoms with Crippen LogP contribution in [0.2, 0.25) is 0 Å². The molecule has 360 valence electrons. The number of likely N-dealkylation sites (tertiary alicyclic amines) is 1. The summed E-state index contributed by atoms with van der Waals surface area (Å²) < 4.78 is 21.8. The van der Waals surface area contributed by atoms with Crippen molar-refractivity contribution in [2.24, 2.45) is 35.0 Å². The molecule has 0 bridgehead atoms. The highest BCUT2D eigenvalue weighted by Gasteiger charge is 2.35. The number of halogens is 1. The Bertz CT molecular complexity index is 1050. The molecule has 2 aliphatic carbocycles. The Balaban J connectivity index is 0. The number of hydrogen-bond acceptors (Lipinski definition) is 9. The zero-order valence-electron chi connectivity index (χ0n) is 42.3. The van der Waals surface area contributed by atoms with Gasteiger partial charge in [0.2, 0.25) is 11.8 Å². The first-order chi connectivity index (χ1) is 27.7. The first kappa shape index (κ1) is 60.7. The Hall–Kier alpha value is -1.41. The van der Waals surface area contributed by atoms with Crippen LogP contribution in [0.4, 0.5) is 4.39 Å². The molecular formula is C48H100FN5O6. The van der Waals surface area contributed by atoms with Crippen molar-refractivity contribution in [1.82, 2.24) is 25.3 Å². The molecule has 4 rings (SSSR count). The SMILES string of the molecule is CC(C)(C)OC1CN(CCO)C1.CC(C)C(=O)N1CCN(C)CC1.CC(C)C(NC1CCCC1)C1CC1.CC(C)C(O)C(C)(C)C.CC(C)OCCF.CNC(=O)C(C)C. The molecule has 0 spiro atoms. The van der Waals surface area contributed by atoms with Gasteiger partial charge in [0.05, 0.1) is 37.1 Å². The van der Waals surface area contributed by atoms with E-state index in [2.05, 4.69) is 82.9 Å². The van der Waals surface area contributed by atoms with Gasteiger partial charge in [0.15, 0.2) is 0 Å². The number of aliphatic hydroxyl groups excluding tert-OH is 2. The summed E-state index contributed by atoms with van der Waals surface area (Å²) in [4.78, 5) is 28.3. The van der Waals surface area contributed by atoms with E-state index < -0.39 is 0 Å². The Morgan fingerprint density at radius 2 is 1.32 bits per heavy atom. The molecule has 0 radical (unpaired) electrons. The monoisotopic (exact) mass is 862 g/mol. The number of carbonyl (C=O) groups excluding carboxylic acids is 2. The van der Waals surface area contributed by atoms with Gasteiger partial charge < -0.3 is 40.1 Å². The topological polar surface area (TPSA) is 127 Å². The standard InChI is InChI=1S/C12H23N.C9H18N2O.C9H19NO2.C8H18O.C5H11FO.C5H11NO/c1-9(2)12(10-7-8-10)13-11-5-3-4-6-11;1-8(2)9(12)11-6-4-10(3)5-7-11;1-9(2,3)12-8-6-10(7-8)4-5-11;1-6(2)7(9)8(3,4)5;1-5(2)7-4-3-6;1-4(2)5(7)6-3/h9-13H,3-8H2,1-2H3;8H,4-7H2,1-3H3;8,11H,4-7H2,1-3H3;6-7,9H,1-5H3;5H,3-4H2,1-2H3;4H,1-3H3,(H,6,7). The molecule has 0 aromatic heterocycles. The number of nitrogens with one attached hydrogen (secondary N) is 2. The van der Waals surface area contributed by atoms with Gasteiger partial charge in [0.25, 0.3) is 0 Å². The van der Waals surface area contributed by atoms with Gasteiger partial charge in [-0.15, -0.1) is 0 Å². The maximum Gasteiger partial charge on any atom is 0.225 e. The number of β-amino-alcohol motifs (C(OH)–C–C–N with tert-alkyl or cyclic N) is 1. The Kier molecular flexibility index (Phi) is 32.6. The third kappa shape index (κ3) is 31.4. The minimum atomic E-state index is -0.377. The van der Waals surface area contributed by atoms with E-state index in [4.69, 9.17) is 14.6 Å². The molecule has 2 aliphatic heterocycles. The quantitative estimate of drug-likeness (QED) is 0.148. The third-order valence-electron chi connectivity index (χ3n) is 10.6. The predicted molar refractivity (Wildman–Crippen MR) is 250 cm³/mol. The number of likely N-dealkylation sites (N-methyl/N-ethyl adjacent to an activating group) is 1. The molecule has 0 aromatic carbocycles. The number of piperazine rings is 1. The molecule has 12 heteroatoms. The van der Waals surface area contributed by atoms with Crippen molar-refractivity contribution in [2.75, 3.05) is 79.8 Å². The lowest BCUT2D eigenvalue weighted by atomic mass is 9.83. The minimum absolute atomic E-state index is 0.0318. The largest absolute Gasteiger partial charge is 0.395 e. The zero-order chi connectivity index (χ0) is 46.8.